The molecule has 4 heteroatoms. The summed E-state index contributed by atoms with van der Waals surface area (Å²) in [5.74, 6) is -1.05. The van der Waals surface area contributed by atoms with Crippen molar-refractivity contribution in [1.82, 2.24) is 0 Å². The highest BCUT2D eigenvalue weighted by Gasteiger charge is 2.29. The lowest BCUT2D eigenvalue weighted by Gasteiger charge is -2.18. The zero-order chi connectivity index (χ0) is 13.7. The van der Waals surface area contributed by atoms with Gasteiger partial charge in [0.15, 0.2) is 0 Å². The van der Waals surface area contributed by atoms with Gasteiger partial charge in [0, 0.05) is 16.0 Å². The lowest BCUT2D eigenvalue weighted by atomic mass is 9.84. The first-order chi connectivity index (χ1) is 8.21. The van der Waals surface area contributed by atoms with Gasteiger partial charge in [-0.05, 0) is 30.0 Å². The van der Waals surface area contributed by atoms with E-state index in [0.717, 1.165) is 10.9 Å². The number of aromatic carboxylic acids is 1. The van der Waals surface area contributed by atoms with Gasteiger partial charge in [-0.2, -0.15) is 0 Å². The van der Waals surface area contributed by atoms with E-state index >= 15 is 0 Å². The van der Waals surface area contributed by atoms with Crippen molar-refractivity contribution < 1.29 is 14.3 Å². The summed E-state index contributed by atoms with van der Waals surface area (Å²) in [5.41, 5.74) is 1.81. The summed E-state index contributed by atoms with van der Waals surface area (Å²) in [6, 6.07) is 3.53. The first-order valence-corrected chi connectivity index (χ1v) is 6.06. The van der Waals surface area contributed by atoms with Crippen LogP contribution in [0.15, 0.2) is 16.5 Å². The van der Waals surface area contributed by atoms with Crippen LogP contribution in [0.2, 0.25) is 5.02 Å². The molecule has 1 aromatic heterocycles. The molecule has 0 aliphatic carbocycles. The van der Waals surface area contributed by atoms with E-state index in [4.69, 9.17) is 16.0 Å². The predicted molar refractivity (Wildman–Crippen MR) is 71.6 cm³/mol. The maximum Gasteiger partial charge on any atom is 0.372 e. The van der Waals surface area contributed by atoms with E-state index in [1.807, 2.05) is 27.7 Å². The molecule has 0 fully saturated rings. The smallest absolute Gasteiger partial charge is 0.372 e. The van der Waals surface area contributed by atoms with E-state index in [2.05, 4.69) is 0 Å². The van der Waals surface area contributed by atoms with Gasteiger partial charge < -0.3 is 9.52 Å². The van der Waals surface area contributed by atoms with Crippen molar-refractivity contribution in [2.45, 2.75) is 33.1 Å². The fourth-order valence-electron chi connectivity index (χ4n) is 2.22. The molecule has 18 heavy (non-hydrogen) atoms. The molecule has 0 saturated heterocycles. The number of furan rings is 1. The Morgan fingerprint density at radius 3 is 2.44 bits per heavy atom. The minimum atomic E-state index is -1.05. The van der Waals surface area contributed by atoms with E-state index in [1.165, 1.54) is 0 Å². The van der Waals surface area contributed by atoms with Crippen LogP contribution in [0.1, 0.15) is 42.5 Å². The summed E-state index contributed by atoms with van der Waals surface area (Å²) < 4.78 is 5.51. The second kappa shape index (κ2) is 4.02. The van der Waals surface area contributed by atoms with E-state index in [-0.39, 0.29) is 11.2 Å². The van der Waals surface area contributed by atoms with Crippen molar-refractivity contribution in [3.8, 4) is 0 Å². The van der Waals surface area contributed by atoms with Crippen molar-refractivity contribution in [2.75, 3.05) is 0 Å². The average molecular weight is 267 g/mol. The minimum Gasteiger partial charge on any atom is -0.475 e. The number of carbonyl (C=O) groups is 1. The van der Waals surface area contributed by atoms with Crippen LogP contribution in [0.5, 0.6) is 0 Å². The van der Waals surface area contributed by atoms with Gasteiger partial charge in [-0.3, -0.25) is 0 Å². The molecule has 0 aliphatic rings. The van der Waals surface area contributed by atoms with Gasteiger partial charge in [0.05, 0.1) is 0 Å². The summed E-state index contributed by atoms with van der Waals surface area (Å²) in [5, 5.41) is 10.6. The molecule has 0 saturated carbocycles. The summed E-state index contributed by atoms with van der Waals surface area (Å²) in [7, 11) is 0. The van der Waals surface area contributed by atoms with E-state index in [1.54, 1.807) is 12.1 Å². The van der Waals surface area contributed by atoms with Gasteiger partial charge >= 0.3 is 5.97 Å². The van der Waals surface area contributed by atoms with Crippen LogP contribution in [0.3, 0.4) is 0 Å². The highest BCUT2D eigenvalue weighted by molar-refractivity contribution is 6.31. The Morgan fingerprint density at radius 2 is 1.94 bits per heavy atom. The Morgan fingerprint density at radius 1 is 1.33 bits per heavy atom. The van der Waals surface area contributed by atoms with Gasteiger partial charge in [-0.15, -0.1) is 0 Å². The minimum absolute atomic E-state index is 0.00265. The fraction of sp³-hybridized carbons (Fsp3) is 0.357. The molecule has 0 bridgehead atoms. The number of hydrogen-bond donors (Lipinski definition) is 1. The molecule has 1 aromatic carbocycles. The molecule has 2 rings (SSSR count). The maximum absolute atomic E-state index is 11.3. The third-order valence-corrected chi connectivity index (χ3v) is 3.10. The van der Waals surface area contributed by atoms with Crippen LogP contribution in [-0.4, -0.2) is 11.1 Å². The van der Waals surface area contributed by atoms with Gasteiger partial charge in [0.2, 0.25) is 5.76 Å². The number of carboxylic acids is 1. The molecule has 0 radical (unpaired) electrons. The third-order valence-electron chi connectivity index (χ3n) is 2.88. The average Bonchev–Trinajstić information content (AvgIpc) is 2.56. The first kappa shape index (κ1) is 13.0. The van der Waals surface area contributed by atoms with E-state index in [0.29, 0.717) is 16.2 Å². The molecule has 1 N–H and O–H groups in total. The molecule has 0 amide bonds. The number of fused-ring (bicyclic) bond motifs is 1. The number of aryl methyl sites for hydroxylation is 1. The molecule has 1 heterocycles. The van der Waals surface area contributed by atoms with Gasteiger partial charge in [0.25, 0.3) is 0 Å². The van der Waals surface area contributed by atoms with Crippen molar-refractivity contribution in [3.05, 3.63) is 34.0 Å². The van der Waals surface area contributed by atoms with Crippen LogP contribution in [-0.2, 0) is 5.41 Å². The number of benzene rings is 1. The van der Waals surface area contributed by atoms with Crippen molar-refractivity contribution >= 4 is 28.5 Å². The van der Waals surface area contributed by atoms with Crippen molar-refractivity contribution in [2.24, 2.45) is 0 Å². The van der Waals surface area contributed by atoms with Gasteiger partial charge in [-0.25, -0.2) is 4.79 Å². The van der Waals surface area contributed by atoms with E-state index < -0.39 is 5.97 Å². The Hall–Kier alpha value is -1.48. The predicted octanol–water partition coefficient (Wildman–Crippen LogP) is 4.39. The summed E-state index contributed by atoms with van der Waals surface area (Å²) in [6.45, 7) is 7.73. The summed E-state index contributed by atoms with van der Waals surface area (Å²) >= 11 is 6.05. The molecule has 96 valence electrons. The first-order valence-electron chi connectivity index (χ1n) is 5.68. The number of carboxylic acid groups (broad SMARTS) is 1. The summed E-state index contributed by atoms with van der Waals surface area (Å²) in [4.78, 5) is 11.3. The highest BCUT2D eigenvalue weighted by atomic mass is 35.5. The largest absolute Gasteiger partial charge is 0.475 e. The molecule has 0 spiro atoms. The van der Waals surface area contributed by atoms with Crippen LogP contribution < -0.4 is 0 Å². The van der Waals surface area contributed by atoms with Crippen LogP contribution in [0.4, 0.5) is 0 Å². The standard InChI is InChI=1S/C14H15ClO3/c1-7-5-8(15)6-9-10(14(2,3)4)12(13(16)17)18-11(7)9/h5-6H,1-4H3,(H,16,17). The molecule has 2 aromatic rings. The fourth-order valence-corrected chi connectivity index (χ4v) is 2.49. The quantitative estimate of drug-likeness (QED) is 0.833. The van der Waals surface area contributed by atoms with Crippen LogP contribution >= 0.6 is 11.6 Å². The van der Waals surface area contributed by atoms with Crippen LogP contribution in [0, 0.1) is 6.92 Å². The van der Waals surface area contributed by atoms with E-state index in [9.17, 15) is 9.90 Å². The SMILES string of the molecule is Cc1cc(Cl)cc2c(C(C)(C)C)c(C(=O)O)oc12. The molecule has 0 aliphatic heterocycles. The lowest BCUT2D eigenvalue weighted by molar-refractivity contribution is 0.0661. The van der Waals surface area contributed by atoms with Gasteiger partial charge in [0.1, 0.15) is 5.58 Å². The Labute approximate surface area is 110 Å². The van der Waals surface area contributed by atoms with Gasteiger partial charge in [-0.1, -0.05) is 32.4 Å². The maximum atomic E-state index is 11.3. The zero-order valence-corrected chi connectivity index (χ0v) is 11.6. The topological polar surface area (TPSA) is 50.4 Å². The summed E-state index contributed by atoms with van der Waals surface area (Å²) in [6.07, 6.45) is 0. The van der Waals surface area contributed by atoms with Crippen molar-refractivity contribution in [3.63, 3.8) is 0 Å². The molecule has 0 unspecified atom stereocenters. The normalized spacial score (nSPS) is 12.1. The van der Waals surface area contributed by atoms with Crippen LogP contribution in [0.25, 0.3) is 11.0 Å². The molecule has 3 nitrogen and oxygen atoms in total. The monoisotopic (exact) mass is 266 g/mol. The Balaban J connectivity index is 2.95. The van der Waals surface area contributed by atoms with Crippen molar-refractivity contribution in [1.29, 1.82) is 0 Å². The zero-order valence-electron chi connectivity index (χ0n) is 10.8. The highest BCUT2D eigenvalue weighted by Crippen LogP contribution is 2.38. The number of halogens is 1. The third kappa shape index (κ3) is 1.99. The lowest BCUT2D eigenvalue weighted by Crippen LogP contribution is -2.15. The number of hydrogen-bond acceptors (Lipinski definition) is 2. The Bertz CT molecular complexity index is 633. The molecular weight excluding hydrogens is 252 g/mol. The second-order valence-electron chi connectivity index (χ2n) is 5.46. The molecule has 0 atom stereocenters. The molecular formula is C14H15ClO3. The second-order valence-corrected chi connectivity index (χ2v) is 5.90. The Kier molecular flexibility index (Phi) is 2.90. The number of rotatable bonds is 1.